The average molecular weight is 324 g/mol. The number of aliphatic hydroxyl groups excluding tert-OH is 1. The Morgan fingerprint density at radius 2 is 1.82 bits per heavy atom. The predicted molar refractivity (Wildman–Crippen MR) is 94.3 cm³/mol. The quantitative estimate of drug-likeness (QED) is 0.754. The van der Waals surface area contributed by atoms with Gasteiger partial charge in [0, 0.05) is 11.4 Å². The van der Waals surface area contributed by atoms with Crippen LogP contribution in [0.4, 0.5) is 0 Å². The number of aliphatic hydroxyl groups is 1. The number of carbonyl (C=O) groups excluding carboxylic acids is 1. The van der Waals surface area contributed by atoms with E-state index in [0.717, 1.165) is 4.90 Å². The van der Waals surface area contributed by atoms with Crippen molar-refractivity contribution in [3.63, 3.8) is 0 Å². The highest BCUT2D eigenvalue weighted by molar-refractivity contribution is 8.00. The van der Waals surface area contributed by atoms with E-state index in [-0.39, 0.29) is 17.4 Å². The van der Waals surface area contributed by atoms with Gasteiger partial charge < -0.3 is 10.4 Å². The van der Waals surface area contributed by atoms with Gasteiger partial charge in [0.05, 0.1) is 11.9 Å². The summed E-state index contributed by atoms with van der Waals surface area (Å²) in [4.78, 5) is 12.9. The summed E-state index contributed by atoms with van der Waals surface area (Å²) in [5.41, 5.74) is 1.45. The van der Waals surface area contributed by atoms with Crippen molar-refractivity contribution >= 4 is 17.7 Å². The number of thioether (sulfide) groups is 1. The van der Waals surface area contributed by atoms with E-state index in [4.69, 9.17) is 0 Å². The number of amides is 1. The Labute approximate surface area is 138 Å². The fraction of sp³-hybridized carbons (Fsp3) is 0.611. The highest BCUT2D eigenvalue weighted by Crippen LogP contribution is 2.25. The minimum absolute atomic E-state index is 0.0438. The van der Waals surface area contributed by atoms with Crippen molar-refractivity contribution in [1.29, 1.82) is 0 Å². The molecule has 22 heavy (non-hydrogen) atoms. The maximum absolute atomic E-state index is 11.8. The highest BCUT2D eigenvalue weighted by atomic mass is 32.2. The lowest BCUT2D eigenvalue weighted by atomic mass is 9.87. The molecule has 2 N–H and O–H groups in total. The molecule has 4 heteroatoms. The number of benzene rings is 1. The van der Waals surface area contributed by atoms with Gasteiger partial charge >= 0.3 is 0 Å². The number of rotatable bonds is 7. The zero-order chi connectivity index (χ0) is 16.8. The molecular weight excluding hydrogens is 294 g/mol. The lowest BCUT2D eigenvalue weighted by Crippen LogP contribution is -2.30. The van der Waals surface area contributed by atoms with Gasteiger partial charge in [-0.1, -0.05) is 39.8 Å². The Hall–Kier alpha value is -1.00. The van der Waals surface area contributed by atoms with E-state index >= 15 is 0 Å². The Bertz CT molecular complexity index is 463. The summed E-state index contributed by atoms with van der Waals surface area (Å²) in [6.45, 7) is 11.0. The van der Waals surface area contributed by atoms with Crippen LogP contribution >= 0.6 is 11.8 Å². The number of hydrogen-bond donors (Lipinski definition) is 2. The van der Waals surface area contributed by atoms with Crippen molar-refractivity contribution in [3.8, 4) is 0 Å². The standard InChI is InChI=1S/C18H29NO2S/c1-13(10-14(2)20)11-19-17(21)12-22-16-8-6-15(7-9-16)18(3,4)5/h6-9,13-14,20H,10-12H2,1-5H3,(H,19,21). The zero-order valence-electron chi connectivity index (χ0n) is 14.3. The van der Waals surface area contributed by atoms with Gasteiger partial charge in [-0.15, -0.1) is 11.8 Å². The van der Waals surface area contributed by atoms with E-state index in [2.05, 4.69) is 50.4 Å². The number of carbonyl (C=O) groups is 1. The summed E-state index contributed by atoms with van der Waals surface area (Å²) in [6.07, 6.45) is 0.393. The second-order valence-electron chi connectivity index (χ2n) is 7.06. The zero-order valence-corrected chi connectivity index (χ0v) is 15.2. The van der Waals surface area contributed by atoms with E-state index < -0.39 is 0 Å². The molecule has 1 amide bonds. The lowest BCUT2D eigenvalue weighted by Gasteiger charge is -2.19. The van der Waals surface area contributed by atoms with Crippen LogP contribution in [0.25, 0.3) is 0 Å². The van der Waals surface area contributed by atoms with Gasteiger partial charge in [0.2, 0.25) is 5.91 Å². The molecule has 0 aliphatic carbocycles. The van der Waals surface area contributed by atoms with Crippen LogP contribution in [0.15, 0.2) is 29.2 Å². The van der Waals surface area contributed by atoms with Gasteiger partial charge in [0.15, 0.2) is 0 Å². The summed E-state index contributed by atoms with van der Waals surface area (Å²) in [6, 6.07) is 8.42. The predicted octanol–water partition coefficient (Wildman–Crippen LogP) is 3.60. The molecule has 124 valence electrons. The first-order valence-corrected chi connectivity index (χ1v) is 8.85. The third-order valence-corrected chi connectivity index (χ3v) is 4.49. The van der Waals surface area contributed by atoms with Crippen LogP contribution in [-0.2, 0) is 10.2 Å². The average Bonchev–Trinajstić information content (AvgIpc) is 2.41. The molecule has 2 atom stereocenters. The van der Waals surface area contributed by atoms with Gasteiger partial charge in [-0.3, -0.25) is 4.79 Å². The van der Waals surface area contributed by atoms with Crippen LogP contribution in [-0.4, -0.2) is 29.4 Å². The molecule has 1 aromatic rings. The van der Waals surface area contributed by atoms with E-state index in [1.165, 1.54) is 5.56 Å². The Kier molecular flexibility index (Phi) is 7.43. The maximum Gasteiger partial charge on any atom is 0.230 e. The molecule has 0 aliphatic heterocycles. The molecule has 0 bridgehead atoms. The van der Waals surface area contributed by atoms with E-state index in [1.54, 1.807) is 18.7 Å². The largest absolute Gasteiger partial charge is 0.393 e. The topological polar surface area (TPSA) is 49.3 Å². The van der Waals surface area contributed by atoms with Crippen molar-refractivity contribution < 1.29 is 9.90 Å². The maximum atomic E-state index is 11.8. The smallest absolute Gasteiger partial charge is 0.230 e. The van der Waals surface area contributed by atoms with Gasteiger partial charge in [-0.05, 0) is 42.4 Å². The fourth-order valence-corrected chi connectivity index (χ4v) is 2.93. The van der Waals surface area contributed by atoms with Gasteiger partial charge in [0.25, 0.3) is 0 Å². The second-order valence-corrected chi connectivity index (χ2v) is 8.11. The molecule has 0 aromatic heterocycles. The molecule has 0 aliphatic rings. The van der Waals surface area contributed by atoms with E-state index in [1.807, 2.05) is 6.92 Å². The van der Waals surface area contributed by atoms with Crippen molar-refractivity contribution in [1.82, 2.24) is 5.32 Å². The monoisotopic (exact) mass is 323 g/mol. The number of nitrogens with one attached hydrogen (secondary N) is 1. The van der Waals surface area contributed by atoms with Crippen LogP contribution in [0.3, 0.4) is 0 Å². The van der Waals surface area contributed by atoms with E-state index in [9.17, 15) is 9.90 Å². The summed E-state index contributed by atoms with van der Waals surface area (Å²) in [5, 5.41) is 12.2. The molecule has 0 heterocycles. The summed E-state index contributed by atoms with van der Waals surface area (Å²) in [7, 11) is 0. The van der Waals surface area contributed by atoms with Crippen LogP contribution in [0.5, 0.6) is 0 Å². The second kappa shape index (κ2) is 8.59. The Balaban J connectivity index is 2.35. The third kappa shape index (κ3) is 7.32. The first-order valence-electron chi connectivity index (χ1n) is 7.86. The molecule has 0 fully saturated rings. The first-order chi connectivity index (χ1) is 10.2. The Morgan fingerprint density at radius 1 is 1.23 bits per heavy atom. The minimum Gasteiger partial charge on any atom is -0.393 e. The van der Waals surface area contributed by atoms with Crippen LogP contribution in [0.2, 0.25) is 0 Å². The molecule has 1 aromatic carbocycles. The summed E-state index contributed by atoms with van der Waals surface area (Å²) in [5.74, 6) is 0.762. The van der Waals surface area contributed by atoms with Gasteiger partial charge in [-0.2, -0.15) is 0 Å². The molecular formula is C18H29NO2S. The fourth-order valence-electron chi connectivity index (χ4n) is 2.20. The summed E-state index contributed by atoms with van der Waals surface area (Å²) < 4.78 is 0. The van der Waals surface area contributed by atoms with Gasteiger partial charge in [0.1, 0.15) is 0 Å². The number of hydrogen-bond acceptors (Lipinski definition) is 3. The normalized spacial score (nSPS) is 14.5. The molecule has 2 unspecified atom stereocenters. The first kappa shape index (κ1) is 19.0. The van der Waals surface area contributed by atoms with Crippen molar-refractivity contribution in [3.05, 3.63) is 29.8 Å². The van der Waals surface area contributed by atoms with Gasteiger partial charge in [-0.25, -0.2) is 0 Å². The Morgan fingerprint density at radius 3 is 2.32 bits per heavy atom. The van der Waals surface area contributed by atoms with Crippen molar-refractivity contribution in [2.45, 2.75) is 57.5 Å². The third-order valence-electron chi connectivity index (χ3n) is 3.48. The highest BCUT2D eigenvalue weighted by Gasteiger charge is 2.13. The summed E-state index contributed by atoms with van der Waals surface area (Å²) >= 11 is 1.55. The molecule has 3 nitrogen and oxygen atoms in total. The molecule has 0 saturated heterocycles. The molecule has 0 spiro atoms. The minimum atomic E-state index is -0.317. The molecule has 0 saturated carbocycles. The van der Waals surface area contributed by atoms with Crippen LogP contribution in [0, 0.1) is 5.92 Å². The molecule has 0 radical (unpaired) electrons. The lowest BCUT2D eigenvalue weighted by molar-refractivity contribution is -0.118. The van der Waals surface area contributed by atoms with Crippen molar-refractivity contribution in [2.75, 3.05) is 12.3 Å². The van der Waals surface area contributed by atoms with Crippen molar-refractivity contribution in [2.24, 2.45) is 5.92 Å². The van der Waals surface area contributed by atoms with Crippen LogP contribution in [0.1, 0.15) is 46.6 Å². The van der Waals surface area contributed by atoms with Crippen LogP contribution < -0.4 is 5.32 Å². The molecule has 1 rings (SSSR count). The van der Waals surface area contributed by atoms with E-state index in [0.29, 0.717) is 24.6 Å². The SMILES string of the molecule is CC(O)CC(C)CNC(=O)CSc1ccc(C(C)(C)C)cc1.